The lowest BCUT2D eigenvalue weighted by Gasteiger charge is -2.29. The van der Waals surface area contributed by atoms with Crippen molar-refractivity contribution in [3.05, 3.63) is 53.0 Å². The maximum Gasteiger partial charge on any atom is 0.287 e. The molecule has 1 N–H and O–H groups in total. The van der Waals surface area contributed by atoms with E-state index in [2.05, 4.69) is 29.4 Å². The second kappa shape index (κ2) is 7.54. The van der Waals surface area contributed by atoms with E-state index < -0.39 is 0 Å². The molecule has 0 atom stereocenters. The molecule has 0 bridgehead atoms. The number of aryl methyl sites for hydroxylation is 2. The Morgan fingerprint density at radius 1 is 1.19 bits per heavy atom. The number of carbonyl (C=O) groups is 1. The van der Waals surface area contributed by atoms with Crippen molar-refractivity contribution in [2.75, 3.05) is 20.1 Å². The molecule has 0 unspecified atom stereocenters. The number of nitrogens with one attached hydrogen (secondary N) is 1. The van der Waals surface area contributed by atoms with Gasteiger partial charge in [-0.25, -0.2) is 0 Å². The van der Waals surface area contributed by atoms with Crippen molar-refractivity contribution in [3.8, 4) is 5.75 Å². The van der Waals surface area contributed by atoms with E-state index >= 15 is 0 Å². The normalized spacial score (nSPS) is 17.9. The summed E-state index contributed by atoms with van der Waals surface area (Å²) in [4.78, 5) is 14.6. The van der Waals surface area contributed by atoms with Crippen LogP contribution in [0.25, 0.3) is 0 Å². The molecule has 0 saturated carbocycles. The predicted octanol–water partition coefficient (Wildman–Crippen LogP) is 3.17. The van der Waals surface area contributed by atoms with Gasteiger partial charge in [-0.15, -0.1) is 0 Å². The molecule has 1 aromatic carbocycles. The zero-order chi connectivity index (χ0) is 17.9. The molecule has 5 heteroatoms. The lowest BCUT2D eigenvalue weighted by atomic mass is 10.1. The van der Waals surface area contributed by atoms with E-state index in [1.807, 2.05) is 12.1 Å². The van der Waals surface area contributed by atoms with Crippen LogP contribution >= 0.6 is 0 Å². The number of carbonyl (C=O) groups excluding carboxylic acids is 1. The standard InChI is InChI=1S/C21H26N2O3/c1-23-11-9-17(10-12-23)22-21(24)20-8-7-19(26-20)14-25-18-6-5-15-3-2-4-16(15)13-18/h5-8,13,17H,2-4,9-12,14H2,1H3,(H,22,24). The van der Waals surface area contributed by atoms with Crippen LogP contribution in [0.2, 0.25) is 0 Å². The van der Waals surface area contributed by atoms with Crippen molar-refractivity contribution in [3.63, 3.8) is 0 Å². The number of fused-ring (bicyclic) bond motifs is 1. The van der Waals surface area contributed by atoms with Gasteiger partial charge < -0.3 is 19.4 Å². The van der Waals surface area contributed by atoms with Gasteiger partial charge in [-0.3, -0.25) is 4.79 Å². The zero-order valence-corrected chi connectivity index (χ0v) is 15.3. The summed E-state index contributed by atoms with van der Waals surface area (Å²) in [7, 11) is 2.11. The first-order valence-electron chi connectivity index (χ1n) is 9.50. The molecule has 1 aliphatic carbocycles. The first-order valence-corrected chi connectivity index (χ1v) is 9.50. The molecule has 2 aromatic rings. The molecular formula is C21H26N2O3. The highest BCUT2D eigenvalue weighted by Gasteiger charge is 2.20. The maximum atomic E-state index is 12.4. The Bertz CT molecular complexity index is 775. The number of piperidine rings is 1. The number of nitrogens with zero attached hydrogens (tertiary/aromatic N) is 1. The largest absolute Gasteiger partial charge is 0.486 e. The van der Waals surface area contributed by atoms with Crippen LogP contribution in [0.1, 0.15) is 46.7 Å². The Balaban J connectivity index is 1.30. The molecular weight excluding hydrogens is 328 g/mol. The van der Waals surface area contributed by atoms with Gasteiger partial charge in [0.15, 0.2) is 5.76 Å². The molecule has 5 nitrogen and oxygen atoms in total. The van der Waals surface area contributed by atoms with E-state index in [9.17, 15) is 4.79 Å². The fourth-order valence-electron chi connectivity index (χ4n) is 3.78. The SMILES string of the molecule is CN1CCC(NC(=O)c2ccc(COc3ccc4c(c3)CCC4)o2)CC1. The smallest absolute Gasteiger partial charge is 0.287 e. The summed E-state index contributed by atoms with van der Waals surface area (Å²) in [6, 6.07) is 10.1. The Morgan fingerprint density at radius 2 is 2.00 bits per heavy atom. The van der Waals surface area contributed by atoms with Crippen molar-refractivity contribution >= 4 is 5.91 Å². The molecule has 0 radical (unpaired) electrons. The van der Waals surface area contributed by atoms with Gasteiger partial charge in [-0.05, 0) is 87.6 Å². The number of hydrogen-bond donors (Lipinski definition) is 1. The van der Waals surface area contributed by atoms with Crippen LogP contribution in [0.3, 0.4) is 0 Å². The number of hydrogen-bond acceptors (Lipinski definition) is 4. The molecule has 1 amide bonds. The van der Waals surface area contributed by atoms with Crippen molar-refractivity contribution in [2.24, 2.45) is 0 Å². The summed E-state index contributed by atoms with van der Waals surface area (Å²) in [5.41, 5.74) is 2.82. The molecule has 0 spiro atoms. The summed E-state index contributed by atoms with van der Waals surface area (Å²) in [5, 5.41) is 3.07. The van der Waals surface area contributed by atoms with Gasteiger partial charge in [0.1, 0.15) is 18.1 Å². The van der Waals surface area contributed by atoms with Crippen molar-refractivity contribution < 1.29 is 13.9 Å². The van der Waals surface area contributed by atoms with E-state index in [1.165, 1.54) is 24.0 Å². The highest BCUT2D eigenvalue weighted by Crippen LogP contribution is 2.26. The maximum absolute atomic E-state index is 12.4. The lowest BCUT2D eigenvalue weighted by molar-refractivity contribution is 0.0884. The van der Waals surface area contributed by atoms with Crippen LogP contribution in [0.15, 0.2) is 34.7 Å². The second-order valence-corrected chi connectivity index (χ2v) is 7.39. The number of furan rings is 1. The van der Waals surface area contributed by atoms with Gasteiger partial charge in [-0.2, -0.15) is 0 Å². The first kappa shape index (κ1) is 17.2. The number of ether oxygens (including phenoxy) is 1. The van der Waals surface area contributed by atoms with E-state index in [0.717, 1.165) is 38.1 Å². The summed E-state index contributed by atoms with van der Waals surface area (Å²) in [6.45, 7) is 2.37. The number of amides is 1. The van der Waals surface area contributed by atoms with E-state index in [0.29, 0.717) is 18.1 Å². The molecule has 2 aliphatic rings. The molecule has 1 saturated heterocycles. The number of likely N-dealkylation sites (tertiary alicyclic amines) is 1. The third kappa shape index (κ3) is 3.93. The fraction of sp³-hybridized carbons (Fsp3) is 0.476. The van der Waals surface area contributed by atoms with Crippen LogP contribution in [0.4, 0.5) is 0 Å². The van der Waals surface area contributed by atoms with Crippen molar-refractivity contribution in [1.82, 2.24) is 10.2 Å². The van der Waals surface area contributed by atoms with Crippen molar-refractivity contribution in [1.29, 1.82) is 0 Å². The molecule has 1 aromatic heterocycles. The molecule has 4 rings (SSSR count). The average Bonchev–Trinajstić information content (AvgIpc) is 3.30. The highest BCUT2D eigenvalue weighted by atomic mass is 16.5. The predicted molar refractivity (Wildman–Crippen MR) is 99.5 cm³/mol. The second-order valence-electron chi connectivity index (χ2n) is 7.39. The van der Waals surface area contributed by atoms with Crippen LogP contribution in [0, 0.1) is 0 Å². The quantitative estimate of drug-likeness (QED) is 0.896. The molecule has 138 valence electrons. The number of benzene rings is 1. The lowest BCUT2D eigenvalue weighted by Crippen LogP contribution is -2.43. The topological polar surface area (TPSA) is 54.7 Å². The minimum Gasteiger partial charge on any atom is -0.486 e. The summed E-state index contributed by atoms with van der Waals surface area (Å²) < 4.78 is 11.5. The Morgan fingerprint density at radius 3 is 2.85 bits per heavy atom. The van der Waals surface area contributed by atoms with Gasteiger partial charge in [-0.1, -0.05) is 6.07 Å². The third-order valence-corrected chi connectivity index (χ3v) is 5.39. The van der Waals surface area contributed by atoms with Gasteiger partial charge in [0.2, 0.25) is 0 Å². The highest BCUT2D eigenvalue weighted by molar-refractivity contribution is 5.91. The summed E-state index contributed by atoms with van der Waals surface area (Å²) in [5.74, 6) is 1.75. The average molecular weight is 354 g/mol. The van der Waals surface area contributed by atoms with Crippen LogP contribution < -0.4 is 10.1 Å². The zero-order valence-electron chi connectivity index (χ0n) is 15.3. The third-order valence-electron chi connectivity index (χ3n) is 5.39. The molecule has 1 fully saturated rings. The Kier molecular flexibility index (Phi) is 4.98. The van der Waals surface area contributed by atoms with Gasteiger partial charge in [0, 0.05) is 6.04 Å². The van der Waals surface area contributed by atoms with Gasteiger partial charge in [0.25, 0.3) is 5.91 Å². The number of rotatable bonds is 5. The minimum atomic E-state index is -0.136. The van der Waals surface area contributed by atoms with Crippen molar-refractivity contribution in [2.45, 2.75) is 44.8 Å². The van der Waals surface area contributed by atoms with Crippen LogP contribution in [0.5, 0.6) is 5.75 Å². The Hall–Kier alpha value is -2.27. The summed E-state index contributed by atoms with van der Waals surface area (Å²) in [6.07, 6.45) is 5.50. The van der Waals surface area contributed by atoms with Crippen LogP contribution in [-0.4, -0.2) is 37.0 Å². The molecule has 1 aliphatic heterocycles. The first-order chi connectivity index (χ1) is 12.7. The molecule has 2 heterocycles. The molecule has 26 heavy (non-hydrogen) atoms. The monoisotopic (exact) mass is 354 g/mol. The van der Waals surface area contributed by atoms with E-state index in [4.69, 9.17) is 9.15 Å². The van der Waals surface area contributed by atoms with E-state index in [1.54, 1.807) is 6.07 Å². The van der Waals surface area contributed by atoms with Gasteiger partial charge in [0.05, 0.1) is 0 Å². The summed E-state index contributed by atoms with van der Waals surface area (Å²) >= 11 is 0. The fourth-order valence-corrected chi connectivity index (χ4v) is 3.78. The van der Waals surface area contributed by atoms with Gasteiger partial charge >= 0.3 is 0 Å². The Labute approximate surface area is 154 Å². The van der Waals surface area contributed by atoms with Crippen LogP contribution in [-0.2, 0) is 19.4 Å². The minimum absolute atomic E-state index is 0.136. The van der Waals surface area contributed by atoms with E-state index in [-0.39, 0.29) is 11.9 Å².